The van der Waals surface area contributed by atoms with Gasteiger partial charge in [-0.25, -0.2) is 0 Å². The number of rotatable bonds is 1. The van der Waals surface area contributed by atoms with Crippen molar-refractivity contribution < 1.29 is 0 Å². The van der Waals surface area contributed by atoms with Crippen LogP contribution in [0, 0.1) is 5.92 Å². The van der Waals surface area contributed by atoms with Crippen molar-refractivity contribution in [2.75, 3.05) is 6.54 Å². The average Bonchev–Trinajstić information content (AvgIpc) is 1.94. The van der Waals surface area contributed by atoms with E-state index in [1.54, 1.807) is 0 Å². The summed E-state index contributed by atoms with van der Waals surface area (Å²) in [6, 6.07) is 0. The quantitative estimate of drug-likeness (QED) is 0.586. The molecule has 1 rings (SSSR count). The van der Waals surface area contributed by atoms with Crippen LogP contribution in [0.15, 0.2) is 23.3 Å². The van der Waals surface area contributed by atoms with Gasteiger partial charge in [0.05, 0.1) is 0 Å². The Morgan fingerprint density at radius 2 is 2.40 bits per heavy atom. The predicted molar refractivity (Wildman–Crippen MR) is 44.7 cm³/mol. The molecule has 0 amide bonds. The third-order valence-electron chi connectivity index (χ3n) is 2.01. The van der Waals surface area contributed by atoms with Crippen LogP contribution < -0.4 is 5.73 Å². The smallest absolute Gasteiger partial charge is 0.0177 e. The molecule has 1 nitrogen and oxygen atoms in total. The van der Waals surface area contributed by atoms with Crippen molar-refractivity contribution in [3.05, 3.63) is 23.3 Å². The minimum Gasteiger partial charge on any atom is -0.326 e. The second-order valence-corrected chi connectivity index (χ2v) is 3.00. The first-order valence-corrected chi connectivity index (χ1v) is 3.82. The van der Waals surface area contributed by atoms with Gasteiger partial charge in [0.1, 0.15) is 0 Å². The number of allylic oxidation sites excluding steroid dienone is 2. The Labute approximate surface area is 62.6 Å². The lowest BCUT2D eigenvalue weighted by Gasteiger charge is -2.15. The summed E-state index contributed by atoms with van der Waals surface area (Å²) in [7, 11) is 0. The molecule has 0 radical (unpaired) electrons. The summed E-state index contributed by atoms with van der Waals surface area (Å²) in [5.41, 5.74) is 8.23. The van der Waals surface area contributed by atoms with Gasteiger partial charge in [0.2, 0.25) is 0 Å². The van der Waals surface area contributed by atoms with Crippen molar-refractivity contribution >= 4 is 0 Å². The fourth-order valence-corrected chi connectivity index (χ4v) is 1.27. The first kappa shape index (κ1) is 7.55. The fourth-order valence-electron chi connectivity index (χ4n) is 1.27. The van der Waals surface area contributed by atoms with E-state index in [-0.39, 0.29) is 0 Å². The zero-order valence-corrected chi connectivity index (χ0v) is 6.72. The van der Waals surface area contributed by atoms with Crippen LogP contribution >= 0.6 is 0 Å². The third kappa shape index (κ3) is 1.48. The highest BCUT2D eigenvalue weighted by atomic mass is 14.5. The van der Waals surface area contributed by atoms with Crippen molar-refractivity contribution in [1.29, 1.82) is 0 Å². The molecule has 0 heterocycles. The van der Waals surface area contributed by atoms with E-state index in [9.17, 15) is 0 Å². The van der Waals surface area contributed by atoms with Crippen LogP contribution in [0.5, 0.6) is 0 Å². The molecule has 0 fully saturated rings. The van der Waals surface area contributed by atoms with E-state index in [1.807, 2.05) is 0 Å². The Hall–Kier alpha value is -0.560. The Balaban J connectivity index is 2.74. The van der Waals surface area contributed by atoms with Crippen LogP contribution in [0.3, 0.4) is 0 Å². The largest absolute Gasteiger partial charge is 0.326 e. The van der Waals surface area contributed by atoms with Gasteiger partial charge in [-0.05, 0) is 24.8 Å². The summed E-state index contributed by atoms with van der Waals surface area (Å²) in [5.74, 6) is 0.683. The Morgan fingerprint density at radius 1 is 1.70 bits per heavy atom. The van der Waals surface area contributed by atoms with Crippen molar-refractivity contribution in [2.45, 2.75) is 20.3 Å². The molecule has 2 N–H and O–H groups in total. The molecular formula is C9H15N. The molecule has 1 aliphatic rings. The molecule has 0 aliphatic heterocycles. The molecule has 0 aromatic heterocycles. The van der Waals surface area contributed by atoms with Gasteiger partial charge in [0, 0.05) is 6.54 Å². The van der Waals surface area contributed by atoms with E-state index >= 15 is 0 Å². The molecule has 0 saturated heterocycles. The zero-order chi connectivity index (χ0) is 7.56. The summed E-state index contributed by atoms with van der Waals surface area (Å²) in [4.78, 5) is 0. The maximum atomic E-state index is 5.55. The van der Waals surface area contributed by atoms with Crippen LogP contribution in [0.2, 0.25) is 0 Å². The molecule has 0 aromatic carbocycles. The lowest BCUT2D eigenvalue weighted by molar-refractivity contribution is 0.718. The van der Waals surface area contributed by atoms with Gasteiger partial charge in [-0.15, -0.1) is 0 Å². The Bertz CT molecular complexity index is 177. The van der Waals surface area contributed by atoms with E-state index in [2.05, 4.69) is 26.0 Å². The van der Waals surface area contributed by atoms with Gasteiger partial charge in [-0.3, -0.25) is 0 Å². The Kier molecular flexibility index (Phi) is 2.28. The lowest BCUT2D eigenvalue weighted by Crippen LogP contribution is -2.09. The standard InChI is InChI=1S/C9H15N/c1-7-3-4-8(2)9(5-7)6-10/h4-5,7H,3,6,10H2,1-2H3. The monoisotopic (exact) mass is 137 g/mol. The van der Waals surface area contributed by atoms with E-state index in [4.69, 9.17) is 5.73 Å². The maximum absolute atomic E-state index is 5.55. The Morgan fingerprint density at radius 3 is 2.90 bits per heavy atom. The molecule has 56 valence electrons. The molecule has 1 aliphatic carbocycles. The van der Waals surface area contributed by atoms with E-state index in [0.717, 1.165) is 0 Å². The van der Waals surface area contributed by atoms with Crippen LogP contribution in [0.4, 0.5) is 0 Å². The van der Waals surface area contributed by atoms with Gasteiger partial charge in [0.25, 0.3) is 0 Å². The van der Waals surface area contributed by atoms with E-state index < -0.39 is 0 Å². The van der Waals surface area contributed by atoms with Crippen molar-refractivity contribution in [3.8, 4) is 0 Å². The molecular weight excluding hydrogens is 122 g/mol. The second kappa shape index (κ2) is 3.02. The second-order valence-electron chi connectivity index (χ2n) is 3.00. The number of hydrogen-bond acceptors (Lipinski definition) is 1. The van der Waals surface area contributed by atoms with Crippen molar-refractivity contribution in [3.63, 3.8) is 0 Å². The highest BCUT2D eigenvalue weighted by molar-refractivity contribution is 5.33. The summed E-state index contributed by atoms with van der Waals surface area (Å²) in [6.45, 7) is 5.04. The van der Waals surface area contributed by atoms with Crippen LogP contribution in [0.1, 0.15) is 20.3 Å². The van der Waals surface area contributed by atoms with Gasteiger partial charge in [-0.2, -0.15) is 0 Å². The fraction of sp³-hybridized carbons (Fsp3) is 0.556. The van der Waals surface area contributed by atoms with Gasteiger partial charge >= 0.3 is 0 Å². The predicted octanol–water partition coefficient (Wildman–Crippen LogP) is 1.86. The number of nitrogens with two attached hydrogens (primary N) is 1. The molecule has 0 aromatic rings. The first-order chi connectivity index (χ1) is 4.74. The number of hydrogen-bond donors (Lipinski definition) is 1. The van der Waals surface area contributed by atoms with Gasteiger partial charge in [-0.1, -0.05) is 24.6 Å². The topological polar surface area (TPSA) is 26.0 Å². The summed E-state index contributed by atoms with van der Waals surface area (Å²) in [5, 5.41) is 0. The summed E-state index contributed by atoms with van der Waals surface area (Å²) >= 11 is 0. The van der Waals surface area contributed by atoms with E-state index in [1.165, 1.54) is 17.6 Å². The minimum atomic E-state index is 0.683. The summed E-state index contributed by atoms with van der Waals surface area (Å²) < 4.78 is 0. The minimum absolute atomic E-state index is 0.683. The SMILES string of the molecule is CC1=CCC(C)C=C1CN. The third-order valence-corrected chi connectivity index (χ3v) is 2.01. The normalized spacial score (nSPS) is 25.7. The molecule has 0 saturated carbocycles. The van der Waals surface area contributed by atoms with Crippen molar-refractivity contribution in [1.82, 2.24) is 0 Å². The molecule has 0 bridgehead atoms. The molecule has 1 heteroatoms. The van der Waals surface area contributed by atoms with Gasteiger partial charge < -0.3 is 5.73 Å². The zero-order valence-electron chi connectivity index (χ0n) is 6.72. The van der Waals surface area contributed by atoms with Crippen molar-refractivity contribution in [2.24, 2.45) is 11.7 Å². The average molecular weight is 137 g/mol. The van der Waals surface area contributed by atoms with E-state index in [0.29, 0.717) is 12.5 Å². The molecule has 10 heavy (non-hydrogen) atoms. The molecule has 0 spiro atoms. The van der Waals surface area contributed by atoms with Crippen LogP contribution in [-0.2, 0) is 0 Å². The van der Waals surface area contributed by atoms with Crippen LogP contribution in [-0.4, -0.2) is 6.54 Å². The molecule has 1 unspecified atom stereocenters. The first-order valence-electron chi connectivity index (χ1n) is 3.82. The highest BCUT2D eigenvalue weighted by Gasteiger charge is 2.06. The summed E-state index contributed by atoms with van der Waals surface area (Å²) in [6.07, 6.45) is 5.72. The highest BCUT2D eigenvalue weighted by Crippen LogP contribution is 2.20. The van der Waals surface area contributed by atoms with Crippen LogP contribution in [0.25, 0.3) is 0 Å². The van der Waals surface area contributed by atoms with Gasteiger partial charge in [0.15, 0.2) is 0 Å². The lowest BCUT2D eigenvalue weighted by atomic mass is 9.93. The molecule has 1 atom stereocenters. The maximum Gasteiger partial charge on any atom is 0.0177 e.